The van der Waals surface area contributed by atoms with Gasteiger partial charge in [0, 0.05) is 9.92 Å². The van der Waals surface area contributed by atoms with E-state index in [0.717, 1.165) is 11.7 Å². The SMILES string of the molecule is CCCCCCCCCC/C(Sc1ccc(Cl)cc1)=C(\CC)B(CC)CC. The fraction of sp³-hybridized carbons (Fsp3) is 0.667. The van der Waals surface area contributed by atoms with Crippen molar-refractivity contribution < 1.29 is 0 Å². The molecule has 0 aliphatic carbocycles. The van der Waals surface area contributed by atoms with Crippen molar-refractivity contribution in [2.24, 2.45) is 0 Å². The Labute approximate surface area is 179 Å². The summed E-state index contributed by atoms with van der Waals surface area (Å²) in [5, 5.41) is 0.823. The molecule has 1 aromatic rings. The molecule has 0 heterocycles. The second-order valence-corrected chi connectivity index (χ2v) is 9.20. The summed E-state index contributed by atoms with van der Waals surface area (Å²) < 4.78 is 0. The van der Waals surface area contributed by atoms with Crippen LogP contribution in [0.5, 0.6) is 0 Å². The zero-order valence-electron chi connectivity index (χ0n) is 18.2. The van der Waals surface area contributed by atoms with E-state index >= 15 is 0 Å². The van der Waals surface area contributed by atoms with Crippen LogP contribution < -0.4 is 0 Å². The average Bonchev–Trinajstić information content (AvgIpc) is 2.69. The lowest BCUT2D eigenvalue weighted by atomic mass is 9.40. The van der Waals surface area contributed by atoms with Crippen molar-refractivity contribution >= 4 is 30.1 Å². The summed E-state index contributed by atoms with van der Waals surface area (Å²) in [4.78, 5) is 2.95. The molecule has 0 saturated carbocycles. The van der Waals surface area contributed by atoms with Crippen molar-refractivity contribution in [3.8, 4) is 0 Å². The van der Waals surface area contributed by atoms with Gasteiger partial charge in [-0.3, -0.25) is 0 Å². The maximum absolute atomic E-state index is 6.08. The van der Waals surface area contributed by atoms with Gasteiger partial charge in [0.2, 0.25) is 0 Å². The zero-order valence-corrected chi connectivity index (χ0v) is 19.7. The third-order valence-electron chi connectivity index (χ3n) is 5.53. The van der Waals surface area contributed by atoms with E-state index in [2.05, 4.69) is 39.8 Å². The van der Waals surface area contributed by atoms with Gasteiger partial charge in [-0.2, -0.15) is 0 Å². The minimum atomic E-state index is 0.735. The highest BCUT2D eigenvalue weighted by atomic mass is 35.5. The van der Waals surface area contributed by atoms with Crippen LogP contribution in [0.15, 0.2) is 39.5 Å². The lowest BCUT2D eigenvalue weighted by Gasteiger charge is -2.19. The lowest BCUT2D eigenvalue weighted by molar-refractivity contribution is 0.577. The van der Waals surface area contributed by atoms with Gasteiger partial charge in [0.05, 0.1) is 0 Å². The fourth-order valence-electron chi connectivity index (χ4n) is 3.84. The monoisotopic (exact) mass is 406 g/mol. The summed E-state index contributed by atoms with van der Waals surface area (Å²) in [5.41, 5.74) is 1.70. The van der Waals surface area contributed by atoms with Crippen molar-refractivity contribution in [3.05, 3.63) is 39.7 Å². The largest absolute Gasteiger partial charge is 0.171 e. The van der Waals surface area contributed by atoms with Gasteiger partial charge in [-0.25, -0.2) is 0 Å². The Morgan fingerprint density at radius 1 is 0.815 bits per heavy atom. The Hall–Kier alpha value is -0.335. The second-order valence-electron chi connectivity index (χ2n) is 7.60. The molecule has 1 aromatic carbocycles. The molecule has 27 heavy (non-hydrogen) atoms. The van der Waals surface area contributed by atoms with Crippen LogP contribution in [-0.4, -0.2) is 6.71 Å². The third kappa shape index (κ3) is 10.1. The van der Waals surface area contributed by atoms with Crippen molar-refractivity contribution in [2.75, 3.05) is 0 Å². The van der Waals surface area contributed by atoms with E-state index in [1.54, 1.807) is 10.4 Å². The third-order valence-corrected chi connectivity index (χ3v) is 7.00. The van der Waals surface area contributed by atoms with Crippen LogP contribution in [0.3, 0.4) is 0 Å². The van der Waals surface area contributed by atoms with E-state index in [-0.39, 0.29) is 0 Å². The lowest BCUT2D eigenvalue weighted by Crippen LogP contribution is -2.15. The summed E-state index contributed by atoms with van der Waals surface area (Å²) in [6, 6.07) is 8.36. The highest BCUT2D eigenvalue weighted by Gasteiger charge is 2.18. The van der Waals surface area contributed by atoms with Crippen molar-refractivity contribution in [2.45, 2.75) is 109 Å². The van der Waals surface area contributed by atoms with E-state index in [0.29, 0.717) is 0 Å². The number of thioether (sulfide) groups is 1. The molecule has 0 aromatic heterocycles. The molecular weight excluding hydrogens is 367 g/mol. The van der Waals surface area contributed by atoms with E-state index in [4.69, 9.17) is 11.6 Å². The topological polar surface area (TPSA) is 0 Å². The minimum Gasteiger partial charge on any atom is -0.0954 e. The molecule has 0 unspecified atom stereocenters. The average molecular weight is 407 g/mol. The highest BCUT2D eigenvalue weighted by molar-refractivity contribution is 8.03. The van der Waals surface area contributed by atoms with Gasteiger partial charge in [0.15, 0.2) is 6.71 Å². The molecule has 0 N–H and O–H groups in total. The number of allylic oxidation sites excluding steroid dienone is 2. The molecule has 0 amide bonds. The van der Waals surface area contributed by atoms with Crippen LogP contribution in [-0.2, 0) is 0 Å². The molecule has 0 aliphatic rings. The summed E-state index contributed by atoms with van der Waals surface area (Å²) in [6.45, 7) is 10.0. The molecule has 0 atom stereocenters. The number of unbranched alkanes of at least 4 members (excludes halogenated alkanes) is 7. The Kier molecular flexibility index (Phi) is 14.2. The molecule has 0 radical (unpaired) electrons. The van der Waals surface area contributed by atoms with Gasteiger partial charge in [-0.05, 0) is 48.4 Å². The fourth-order valence-corrected chi connectivity index (χ4v) is 5.21. The second kappa shape index (κ2) is 15.6. The molecular formula is C24H40BClS. The number of hydrogen-bond acceptors (Lipinski definition) is 1. The maximum atomic E-state index is 6.08. The van der Waals surface area contributed by atoms with Crippen LogP contribution in [0, 0.1) is 0 Å². The first-order valence-electron chi connectivity index (χ1n) is 11.3. The number of hydrogen-bond donors (Lipinski definition) is 0. The molecule has 3 heteroatoms. The Morgan fingerprint density at radius 3 is 1.89 bits per heavy atom. The van der Waals surface area contributed by atoms with Crippen LogP contribution in [0.2, 0.25) is 17.7 Å². The standard InChI is InChI=1S/C24H40BClS/c1-5-9-10-11-12-13-14-15-16-24(23(6-2)25(7-3)8-4)27-22-19-17-21(26)18-20-22/h17-20H,5-16H2,1-4H3/b24-23-. The Morgan fingerprint density at radius 2 is 1.37 bits per heavy atom. The van der Waals surface area contributed by atoms with Gasteiger partial charge < -0.3 is 0 Å². The Bertz CT molecular complexity index is 520. The van der Waals surface area contributed by atoms with Crippen molar-refractivity contribution in [3.63, 3.8) is 0 Å². The number of rotatable bonds is 15. The number of halogens is 1. The molecule has 0 fully saturated rings. The summed E-state index contributed by atoms with van der Waals surface area (Å²) in [6.07, 6.45) is 16.0. The molecule has 152 valence electrons. The smallest absolute Gasteiger partial charge is 0.0954 e. The van der Waals surface area contributed by atoms with E-state index in [1.165, 1.54) is 81.7 Å². The van der Waals surface area contributed by atoms with Gasteiger partial charge in [-0.15, -0.1) is 0 Å². The predicted octanol–water partition coefficient (Wildman–Crippen LogP) is 9.70. The van der Waals surface area contributed by atoms with Gasteiger partial charge in [0.1, 0.15) is 0 Å². The van der Waals surface area contributed by atoms with Crippen LogP contribution in [0.1, 0.15) is 91.9 Å². The van der Waals surface area contributed by atoms with Gasteiger partial charge in [-0.1, -0.05) is 114 Å². The predicted molar refractivity (Wildman–Crippen MR) is 129 cm³/mol. The first-order valence-corrected chi connectivity index (χ1v) is 12.5. The molecule has 1 rings (SSSR count). The summed E-state index contributed by atoms with van der Waals surface area (Å²) >= 11 is 8.06. The summed E-state index contributed by atoms with van der Waals surface area (Å²) in [5.74, 6) is 0. The zero-order chi connectivity index (χ0) is 19.9. The summed E-state index contributed by atoms with van der Waals surface area (Å²) in [7, 11) is 0. The van der Waals surface area contributed by atoms with Crippen LogP contribution in [0.4, 0.5) is 0 Å². The first kappa shape index (κ1) is 24.7. The van der Waals surface area contributed by atoms with Crippen molar-refractivity contribution in [1.82, 2.24) is 0 Å². The molecule has 0 spiro atoms. The van der Waals surface area contributed by atoms with Crippen LogP contribution >= 0.6 is 23.4 Å². The Balaban J connectivity index is 2.68. The molecule has 0 saturated heterocycles. The van der Waals surface area contributed by atoms with E-state index in [9.17, 15) is 0 Å². The maximum Gasteiger partial charge on any atom is 0.171 e. The first-order chi connectivity index (χ1) is 13.2. The van der Waals surface area contributed by atoms with Crippen molar-refractivity contribution in [1.29, 1.82) is 0 Å². The molecule has 0 nitrogen and oxygen atoms in total. The van der Waals surface area contributed by atoms with Gasteiger partial charge in [0.25, 0.3) is 0 Å². The van der Waals surface area contributed by atoms with E-state index < -0.39 is 0 Å². The van der Waals surface area contributed by atoms with E-state index in [1.807, 2.05) is 23.9 Å². The number of benzene rings is 1. The quantitative estimate of drug-likeness (QED) is 0.159. The molecule has 0 aliphatic heterocycles. The van der Waals surface area contributed by atoms with Gasteiger partial charge >= 0.3 is 0 Å². The molecule has 0 bridgehead atoms. The highest BCUT2D eigenvalue weighted by Crippen LogP contribution is 2.36. The minimum absolute atomic E-state index is 0.735. The normalized spacial score (nSPS) is 12.2. The van der Waals surface area contributed by atoms with Crippen LogP contribution in [0.25, 0.3) is 0 Å².